The van der Waals surface area contributed by atoms with Crippen molar-refractivity contribution in [2.75, 3.05) is 26.4 Å². The summed E-state index contributed by atoms with van der Waals surface area (Å²) in [5.74, 6) is -0.299. The maximum absolute atomic E-state index is 13.2. The highest BCUT2D eigenvalue weighted by atomic mass is 16.8. The third-order valence-corrected chi connectivity index (χ3v) is 14.1. The molecule has 3 fully saturated rings. The maximum atomic E-state index is 13.2. The number of amides is 1. The number of unbranched alkanes of at least 4 members (excludes halogenated alkanes) is 11. The Labute approximate surface area is 475 Å². The van der Waals surface area contributed by atoms with Crippen molar-refractivity contribution in [2.45, 2.75) is 253 Å². The fourth-order valence-electron chi connectivity index (χ4n) is 9.29. The smallest absolute Gasteiger partial charge is 0.220 e. The van der Waals surface area contributed by atoms with E-state index < -0.39 is 124 Å². The molecule has 3 saturated heterocycles. The van der Waals surface area contributed by atoms with Crippen LogP contribution >= 0.6 is 0 Å². The highest BCUT2D eigenvalue weighted by molar-refractivity contribution is 5.76. The number of allylic oxidation sites excluding steroid dienone is 15. The first-order valence-electron chi connectivity index (χ1n) is 29.5. The lowest BCUT2D eigenvalue weighted by molar-refractivity contribution is -0.379. The van der Waals surface area contributed by atoms with Crippen LogP contribution in [-0.2, 0) is 33.2 Å². The van der Waals surface area contributed by atoms with Crippen molar-refractivity contribution in [2.24, 2.45) is 0 Å². The number of carbonyl (C=O) groups is 1. The number of ether oxygens (including phenoxy) is 6. The number of aliphatic hydroxyl groups is 11. The molecule has 458 valence electrons. The summed E-state index contributed by atoms with van der Waals surface area (Å²) in [5.41, 5.74) is 0. The van der Waals surface area contributed by atoms with Gasteiger partial charge in [-0.3, -0.25) is 4.79 Å². The van der Waals surface area contributed by atoms with Crippen LogP contribution in [0.25, 0.3) is 0 Å². The average molecular weight is 1140 g/mol. The third-order valence-electron chi connectivity index (χ3n) is 14.1. The van der Waals surface area contributed by atoms with Crippen LogP contribution in [0.4, 0.5) is 0 Å². The van der Waals surface area contributed by atoms with Gasteiger partial charge in [0.25, 0.3) is 0 Å². The lowest BCUT2D eigenvalue weighted by atomic mass is 9.96. The Morgan fingerprint density at radius 1 is 0.463 bits per heavy atom. The molecular weight excluding hydrogens is 1030 g/mol. The van der Waals surface area contributed by atoms with E-state index in [1.807, 2.05) is 6.08 Å². The Morgan fingerprint density at radius 2 is 0.863 bits per heavy atom. The summed E-state index contributed by atoms with van der Waals surface area (Å²) in [6, 6.07) is -0.982. The molecule has 0 aromatic rings. The normalized spacial score (nSPS) is 30.7. The third kappa shape index (κ3) is 27.0. The summed E-state index contributed by atoms with van der Waals surface area (Å²) in [4.78, 5) is 13.2. The molecule has 19 heteroatoms. The Kier molecular flexibility index (Phi) is 38.5. The van der Waals surface area contributed by atoms with E-state index in [9.17, 15) is 61.0 Å². The molecule has 0 bridgehead atoms. The van der Waals surface area contributed by atoms with Crippen LogP contribution in [0.1, 0.15) is 149 Å². The van der Waals surface area contributed by atoms with Crippen molar-refractivity contribution in [3.05, 3.63) is 97.2 Å². The molecule has 0 aromatic carbocycles. The second-order valence-corrected chi connectivity index (χ2v) is 20.7. The van der Waals surface area contributed by atoms with Crippen LogP contribution in [0, 0.1) is 0 Å². The predicted molar refractivity (Wildman–Crippen MR) is 304 cm³/mol. The molecule has 17 atom stereocenters. The van der Waals surface area contributed by atoms with Crippen molar-refractivity contribution >= 4 is 5.91 Å². The minimum Gasteiger partial charge on any atom is -0.394 e. The zero-order valence-electron chi connectivity index (χ0n) is 47.5. The highest BCUT2D eigenvalue weighted by Gasteiger charge is 2.53. The molecule has 12 N–H and O–H groups in total. The molecule has 0 saturated carbocycles. The quantitative estimate of drug-likeness (QED) is 0.0284. The fourth-order valence-corrected chi connectivity index (χ4v) is 9.29. The van der Waals surface area contributed by atoms with Gasteiger partial charge < -0.3 is 89.9 Å². The number of hydrogen-bond acceptors (Lipinski definition) is 18. The molecule has 0 radical (unpaired) electrons. The van der Waals surface area contributed by atoms with Gasteiger partial charge in [-0.15, -0.1) is 0 Å². The monoisotopic (exact) mass is 1140 g/mol. The van der Waals surface area contributed by atoms with E-state index in [2.05, 4.69) is 104 Å². The molecule has 3 aliphatic rings. The van der Waals surface area contributed by atoms with E-state index in [1.165, 1.54) is 0 Å². The first kappa shape index (κ1) is 71.0. The number of aliphatic hydroxyl groups excluding tert-OH is 11. The fraction of sp³-hybridized carbons (Fsp3) is 0.721. The van der Waals surface area contributed by atoms with Crippen molar-refractivity contribution in [1.82, 2.24) is 5.32 Å². The second kappa shape index (κ2) is 43.4. The number of carbonyl (C=O) groups excluding carboxylic acids is 1. The minimum atomic E-state index is -1.98. The zero-order chi connectivity index (χ0) is 58.3. The second-order valence-electron chi connectivity index (χ2n) is 20.7. The topological polar surface area (TPSA) is 307 Å². The van der Waals surface area contributed by atoms with Gasteiger partial charge in [-0.2, -0.15) is 0 Å². The maximum Gasteiger partial charge on any atom is 0.220 e. The number of rotatable bonds is 41. The molecule has 0 aromatic heterocycles. The molecule has 3 aliphatic heterocycles. The van der Waals surface area contributed by atoms with Crippen LogP contribution < -0.4 is 5.32 Å². The van der Waals surface area contributed by atoms with E-state index in [-0.39, 0.29) is 18.9 Å². The van der Waals surface area contributed by atoms with Crippen LogP contribution in [0.3, 0.4) is 0 Å². The summed E-state index contributed by atoms with van der Waals surface area (Å²) in [5, 5.41) is 119. The SMILES string of the molecule is CC/C=C\C/C=C\C/C=C\C/C=C\C/C=C\C/C=C\C/C=C\CCCCCCCCCC(=O)NC(COC1OC(CO)C(OC2OC(CO)C(OC3OC(CO)C(O)C(O)C3O)C(O)C2O)C(O)C1O)C(O)/C=C/CCCCCC. The molecule has 3 heterocycles. The van der Waals surface area contributed by atoms with Gasteiger partial charge in [-0.25, -0.2) is 0 Å². The van der Waals surface area contributed by atoms with Gasteiger partial charge in [0.2, 0.25) is 5.91 Å². The van der Waals surface area contributed by atoms with Crippen LogP contribution in [0.15, 0.2) is 97.2 Å². The Balaban J connectivity index is 1.38. The van der Waals surface area contributed by atoms with Gasteiger partial charge >= 0.3 is 0 Å². The lowest BCUT2D eigenvalue weighted by Gasteiger charge is -2.48. The predicted octanol–water partition coefficient (Wildman–Crippen LogP) is 4.98. The van der Waals surface area contributed by atoms with Crippen LogP contribution in [0.2, 0.25) is 0 Å². The highest BCUT2D eigenvalue weighted by Crippen LogP contribution is 2.33. The zero-order valence-corrected chi connectivity index (χ0v) is 47.5. The van der Waals surface area contributed by atoms with E-state index >= 15 is 0 Å². The van der Waals surface area contributed by atoms with E-state index in [0.29, 0.717) is 6.42 Å². The molecular formula is C61H101NO18. The minimum absolute atomic E-state index is 0.222. The summed E-state index contributed by atoms with van der Waals surface area (Å²) in [6.07, 6.45) is 27.4. The van der Waals surface area contributed by atoms with Gasteiger partial charge in [-0.05, 0) is 77.0 Å². The first-order valence-corrected chi connectivity index (χ1v) is 29.5. The van der Waals surface area contributed by atoms with Crippen molar-refractivity contribution in [3.8, 4) is 0 Å². The molecule has 0 aliphatic carbocycles. The van der Waals surface area contributed by atoms with Gasteiger partial charge in [0.05, 0.1) is 38.6 Å². The van der Waals surface area contributed by atoms with Crippen molar-refractivity contribution in [3.63, 3.8) is 0 Å². The summed E-state index contributed by atoms with van der Waals surface area (Å²) < 4.78 is 34.1. The molecule has 17 unspecified atom stereocenters. The van der Waals surface area contributed by atoms with E-state index in [4.69, 9.17) is 28.4 Å². The summed E-state index contributed by atoms with van der Waals surface area (Å²) in [7, 11) is 0. The number of hydrogen-bond donors (Lipinski definition) is 12. The Bertz CT molecular complexity index is 1840. The van der Waals surface area contributed by atoms with Crippen molar-refractivity contribution < 1.29 is 89.4 Å². The summed E-state index contributed by atoms with van der Waals surface area (Å²) >= 11 is 0. The van der Waals surface area contributed by atoms with Crippen molar-refractivity contribution in [1.29, 1.82) is 0 Å². The lowest BCUT2D eigenvalue weighted by Crippen LogP contribution is -2.66. The van der Waals surface area contributed by atoms with Gasteiger partial charge in [-0.1, -0.05) is 162 Å². The van der Waals surface area contributed by atoms with Crippen LogP contribution in [-0.4, -0.2) is 193 Å². The Morgan fingerprint density at radius 3 is 1.35 bits per heavy atom. The standard InChI is InChI=1S/C61H101NO18/c1-3-5-7-9-11-12-13-14-15-16-17-18-19-20-21-22-23-24-25-26-27-28-29-30-31-32-33-35-37-39-49(67)62-44(45(66)38-36-34-10-8-6-4-2)43-75-59-55(73)52(70)57(47(41-64)77-59)80-61-56(74)53(71)58(48(42-65)78-61)79-60-54(72)51(69)50(68)46(40-63)76-60/h5,7,11-12,14-15,17-18,20-21,23-24,26-27,36,38,44-48,50-61,63-66,68-74H,3-4,6,8-10,13,16,19,22,25,28-35,37,39-43H2,1-2H3,(H,62,67)/b7-5-,12-11-,15-14-,18-17-,21-20-,24-23-,27-26-,38-36+. The average Bonchev–Trinajstić information content (AvgIpc) is 3.45. The molecule has 1 amide bonds. The largest absolute Gasteiger partial charge is 0.394 e. The van der Waals surface area contributed by atoms with E-state index in [1.54, 1.807) is 6.08 Å². The van der Waals surface area contributed by atoms with Gasteiger partial charge in [0.1, 0.15) is 73.2 Å². The van der Waals surface area contributed by atoms with Crippen LogP contribution in [0.5, 0.6) is 0 Å². The Hall–Kier alpha value is -3.29. The van der Waals surface area contributed by atoms with E-state index in [0.717, 1.165) is 122 Å². The molecule has 19 nitrogen and oxygen atoms in total. The van der Waals surface area contributed by atoms with Gasteiger partial charge in [0.15, 0.2) is 18.9 Å². The molecule has 3 rings (SSSR count). The summed E-state index contributed by atoms with van der Waals surface area (Å²) in [6.45, 7) is 1.46. The van der Waals surface area contributed by atoms with Gasteiger partial charge in [0, 0.05) is 6.42 Å². The number of nitrogens with one attached hydrogen (secondary N) is 1. The molecule has 0 spiro atoms. The first-order chi connectivity index (χ1) is 38.8. The molecule has 80 heavy (non-hydrogen) atoms.